The van der Waals surface area contributed by atoms with E-state index in [1.54, 1.807) is 25.2 Å². The number of nitrogens with zero attached hydrogens (tertiary/aromatic N) is 2. The number of carbonyl (C=O) groups is 2. The summed E-state index contributed by atoms with van der Waals surface area (Å²) in [5, 5.41) is 13.4. The summed E-state index contributed by atoms with van der Waals surface area (Å²) in [6.45, 7) is 0. The molecule has 0 spiro atoms. The molecule has 2 amide bonds. The number of halogens is 1. The number of aromatic nitrogens is 1. The SMILES string of the molecule is CN1C(=O)C(NC(=O)c2ccncc2)C(O)c2c(Cl)cccc21. The number of hydrogen-bond donors (Lipinski definition) is 2. The Kier molecular flexibility index (Phi) is 4.02. The first-order valence-corrected chi connectivity index (χ1v) is 7.33. The molecule has 23 heavy (non-hydrogen) atoms. The van der Waals surface area contributed by atoms with E-state index in [0.29, 0.717) is 21.8 Å². The summed E-state index contributed by atoms with van der Waals surface area (Å²) in [5.74, 6) is -0.872. The standard InChI is InChI=1S/C16H14ClN3O3/c1-20-11-4-2-3-10(17)12(11)14(21)13(16(20)23)19-15(22)9-5-7-18-8-6-9/h2-8,13-14,21H,1H3,(H,19,22). The second-order valence-corrected chi connectivity index (χ2v) is 5.61. The van der Waals surface area contributed by atoms with Crippen LogP contribution in [0.2, 0.25) is 5.02 Å². The highest BCUT2D eigenvalue weighted by Gasteiger charge is 2.40. The van der Waals surface area contributed by atoms with Crippen molar-refractivity contribution in [2.24, 2.45) is 0 Å². The summed E-state index contributed by atoms with van der Waals surface area (Å²) in [6, 6.07) is 6.98. The molecule has 0 saturated carbocycles. The molecular weight excluding hydrogens is 318 g/mol. The third-order valence-corrected chi connectivity index (χ3v) is 4.16. The van der Waals surface area contributed by atoms with Crippen molar-refractivity contribution in [3.8, 4) is 0 Å². The van der Waals surface area contributed by atoms with Crippen molar-refractivity contribution < 1.29 is 14.7 Å². The van der Waals surface area contributed by atoms with Crippen molar-refractivity contribution in [1.29, 1.82) is 0 Å². The molecule has 2 N–H and O–H groups in total. The molecule has 1 aromatic heterocycles. The minimum atomic E-state index is -1.21. The number of hydrogen-bond acceptors (Lipinski definition) is 4. The monoisotopic (exact) mass is 331 g/mol. The first kappa shape index (κ1) is 15.5. The van der Waals surface area contributed by atoms with Crippen LogP contribution >= 0.6 is 11.6 Å². The molecule has 2 aromatic rings. The average molecular weight is 332 g/mol. The number of aliphatic hydroxyl groups excluding tert-OH is 1. The number of pyridine rings is 1. The van der Waals surface area contributed by atoms with Crippen LogP contribution in [0.1, 0.15) is 22.0 Å². The fourth-order valence-electron chi connectivity index (χ4n) is 2.61. The van der Waals surface area contributed by atoms with Crippen LogP contribution in [0.15, 0.2) is 42.7 Å². The van der Waals surface area contributed by atoms with Crippen molar-refractivity contribution in [1.82, 2.24) is 10.3 Å². The Morgan fingerprint density at radius 3 is 2.70 bits per heavy atom. The second-order valence-electron chi connectivity index (χ2n) is 5.20. The fraction of sp³-hybridized carbons (Fsp3) is 0.188. The van der Waals surface area contributed by atoms with Crippen LogP contribution in [0, 0.1) is 0 Å². The lowest BCUT2D eigenvalue weighted by atomic mass is 9.94. The maximum absolute atomic E-state index is 12.5. The molecule has 3 rings (SSSR count). The summed E-state index contributed by atoms with van der Waals surface area (Å²) in [5.41, 5.74) is 1.31. The van der Waals surface area contributed by atoms with Crippen molar-refractivity contribution >= 4 is 29.1 Å². The fourth-order valence-corrected chi connectivity index (χ4v) is 2.89. The van der Waals surface area contributed by atoms with E-state index < -0.39 is 24.0 Å². The van der Waals surface area contributed by atoms with Gasteiger partial charge in [0.2, 0.25) is 0 Å². The third-order valence-electron chi connectivity index (χ3n) is 3.83. The van der Waals surface area contributed by atoms with E-state index in [-0.39, 0.29) is 0 Å². The lowest BCUT2D eigenvalue weighted by molar-refractivity contribution is -0.123. The molecule has 0 bridgehead atoms. The zero-order valence-corrected chi connectivity index (χ0v) is 13.0. The van der Waals surface area contributed by atoms with Gasteiger partial charge < -0.3 is 15.3 Å². The average Bonchev–Trinajstić information content (AvgIpc) is 2.57. The molecule has 0 radical (unpaired) electrons. The Bertz CT molecular complexity index is 766. The normalized spacial score (nSPS) is 20.1. The van der Waals surface area contributed by atoms with E-state index in [2.05, 4.69) is 10.3 Å². The number of fused-ring (bicyclic) bond motifs is 1. The van der Waals surface area contributed by atoms with Gasteiger partial charge in [0, 0.05) is 35.6 Å². The zero-order valence-electron chi connectivity index (χ0n) is 12.2. The van der Waals surface area contributed by atoms with Gasteiger partial charge in [0.15, 0.2) is 0 Å². The molecule has 2 unspecified atom stereocenters. The number of aliphatic hydroxyl groups is 1. The van der Waals surface area contributed by atoms with Gasteiger partial charge in [-0.2, -0.15) is 0 Å². The summed E-state index contributed by atoms with van der Waals surface area (Å²) < 4.78 is 0. The van der Waals surface area contributed by atoms with Crippen LogP contribution < -0.4 is 10.2 Å². The molecule has 7 heteroatoms. The first-order valence-electron chi connectivity index (χ1n) is 6.95. The lowest BCUT2D eigenvalue weighted by Crippen LogP contribution is -2.53. The van der Waals surface area contributed by atoms with E-state index in [1.807, 2.05) is 0 Å². The number of amides is 2. The van der Waals surface area contributed by atoms with Crippen LogP contribution in [0.3, 0.4) is 0 Å². The summed E-state index contributed by atoms with van der Waals surface area (Å²) in [6.07, 6.45) is 1.74. The van der Waals surface area contributed by atoms with Crippen molar-refractivity contribution in [2.45, 2.75) is 12.1 Å². The van der Waals surface area contributed by atoms with Crippen molar-refractivity contribution in [3.63, 3.8) is 0 Å². The topological polar surface area (TPSA) is 82.5 Å². The predicted octanol–water partition coefficient (Wildman–Crippen LogP) is 1.54. The molecule has 2 atom stereocenters. The van der Waals surface area contributed by atoms with Gasteiger partial charge in [0.25, 0.3) is 11.8 Å². The Hall–Kier alpha value is -2.44. The van der Waals surface area contributed by atoms with E-state index in [9.17, 15) is 14.7 Å². The van der Waals surface area contributed by atoms with E-state index in [4.69, 9.17) is 11.6 Å². The molecule has 1 aliphatic heterocycles. The minimum absolute atomic E-state index is 0.345. The minimum Gasteiger partial charge on any atom is -0.386 e. The summed E-state index contributed by atoms with van der Waals surface area (Å²) >= 11 is 6.15. The Labute approximate surface area is 137 Å². The van der Waals surface area contributed by atoms with Gasteiger partial charge in [0.05, 0.1) is 5.69 Å². The molecule has 1 aliphatic rings. The van der Waals surface area contributed by atoms with Crippen LogP contribution in [-0.2, 0) is 4.79 Å². The molecule has 1 aromatic carbocycles. The Morgan fingerprint density at radius 1 is 1.30 bits per heavy atom. The predicted molar refractivity (Wildman–Crippen MR) is 85.3 cm³/mol. The lowest BCUT2D eigenvalue weighted by Gasteiger charge is -2.36. The maximum Gasteiger partial charge on any atom is 0.252 e. The number of anilines is 1. The molecule has 6 nitrogen and oxygen atoms in total. The second kappa shape index (κ2) is 5.98. The van der Waals surface area contributed by atoms with Gasteiger partial charge in [-0.3, -0.25) is 14.6 Å². The maximum atomic E-state index is 12.5. The highest BCUT2D eigenvalue weighted by atomic mass is 35.5. The van der Waals surface area contributed by atoms with Gasteiger partial charge in [0.1, 0.15) is 12.1 Å². The van der Waals surface area contributed by atoms with Crippen molar-refractivity contribution in [3.05, 3.63) is 58.9 Å². The largest absolute Gasteiger partial charge is 0.386 e. The van der Waals surface area contributed by atoms with Crippen molar-refractivity contribution in [2.75, 3.05) is 11.9 Å². The van der Waals surface area contributed by atoms with Gasteiger partial charge in [-0.25, -0.2) is 0 Å². The molecule has 0 saturated heterocycles. The quantitative estimate of drug-likeness (QED) is 0.874. The van der Waals surface area contributed by atoms with E-state index >= 15 is 0 Å². The first-order chi connectivity index (χ1) is 11.0. The highest BCUT2D eigenvalue weighted by Crippen LogP contribution is 2.38. The Balaban J connectivity index is 1.93. The molecule has 0 fully saturated rings. The molecule has 118 valence electrons. The number of rotatable bonds is 2. The van der Waals surface area contributed by atoms with Gasteiger partial charge in [-0.1, -0.05) is 17.7 Å². The van der Waals surface area contributed by atoms with Crippen LogP contribution in [-0.4, -0.2) is 35.0 Å². The van der Waals surface area contributed by atoms with Crippen LogP contribution in [0.25, 0.3) is 0 Å². The van der Waals surface area contributed by atoms with Gasteiger partial charge in [-0.15, -0.1) is 0 Å². The number of likely N-dealkylation sites (N-methyl/N-ethyl adjacent to an activating group) is 1. The number of benzene rings is 1. The third kappa shape index (κ3) is 2.67. The number of carbonyl (C=O) groups excluding carboxylic acids is 2. The summed E-state index contributed by atoms with van der Waals surface area (Å²) in [7, 11) is 1.58. The summed E-state index contributed by atoms with van der Waals surface area (Å²) in [4.78, 5) is 29.9. The zero-order chi connectivity index (χ0) is 16.6. The Morgan fingerprint density at radius 2 is 2.00 bits per heavy atom. The van der Waals surface area contributed by atoms with E-state index in [0.717, 1.165) is 0 Å². The van der Waals surface area contributed by atoms with Gasteiger partial charge in [-0.05, 0) is 24.3 Å². The van der Waals surface area contributed by atoms with Crippen LogP contribution in [0.5, 0.6) is 0 Å². The molecule has 0 aliphatic carbocycles. The van der Waals surface area contributed by atoms with Crippen LogP contribution in [0.4, 0.5) is 5.69 Å². The highest BCUT2D eigenvalue weighted by molar-refractivity contribution is 6.32. The van der Waals surface area contributed by atoms with E-state index in [1.165, 1.54) is 29.4 Å². The number of nitrogens with one attached hydrogen (secondary N) is 1. The molecular formula is C16H14ClN3O3. The smallest absolute Gasteiger partial charge is 0.252 e. The van der Waals surface area contributed by atoms with Gasteiger partial charge >= 0.3 is 0 Å². The molecule has 2 heterocycles.